The first-order chi connectivity index (χ1) is 9.21. The topological polar surface area (TPSA) is 25.2 Å². The average Bonchev–Trinajstić information content (AvgIpc) is 2.86. The summed E-state index contributed by atoms with van der Waals surface area (Å²) in [5.74, 6) is 0.983. The first-order valence-electron chi connectivity index (χ1n) is 7.04. The number of hydrogen-bond donors (Lipinski definition) is 1. The Morgan fingerprint density at radius 3 is 2.37 bits per heavy atom. The van der Waals surface area contributed by atoms with Gasteiger partial charge in [0.05, 0.1) is 12.3 Å². The van der Waals surface area contributed by atoms with Crippen LogP contribution < -0.4 is 5.32 Å². The fourth-order valence-electron chi connectivity index (χ4n) is 2.70. The second-order valence-electron chi connectivity index (χ2n) is 4.89. The number of aryl methyl sites for hydroxylation is 3. The summed E-state index contributed by atoms with van der Waals surface area (Å²) in [4.78, 5) is 0. The molecule has 1 heterocycles. The molecule has 1 N–H and O–H groups in total. The quantitative estimate of drug-likeness (QED) is 0.875. The molecule has 2 rings (SSSR count). The molecule has 1 unspecified atom stereocenters. The lowest BCUT2D eigenvalue weighted by molar-refractivity contribution is 0.523. The number of benzene rings is 1. The molecule has 2 aromatic rings. The first kappa shape index (κ1) is 13.9. The molecule has 2 nitrogen and oxygen atoms in total. The summed E-state index contributed by atoms with van der Waals surface area (Å²) in [5.41, 5.74) is 5.42. The third-order valence-corrected chi connectivity index (χ3v) is 3.82. The summed E-state index contributed by atoms with van der Waals surface area (Å²) in [6.45, 7) is 6.44. The molecule has 0 radical (unpaired) electrons. The van der Waals surface area contributed by atoms with Gasteiger partial charge in [-0.2, -0.15) is 0 Å². The van der Waals surface area contributed by atoms with Gasteiger partial charge in [-0.25, -0.2) is 0 Å². The van der Waals surface area contributed by atoms with E-state index in [2.05, 4.69) is 43.4 Å². The van der Waals surface area contributed by atoms with E-state index < -0.39 is 0 Å². The molecular formula is C17H23NO. The second kappa shape index (κ2) is 6.07. The Bertz CT molecular complexity index is 542. The molecule has 0 aliphatic heterocycles. The minimum atomic E-state index is 0.204. The van der Waals surface area contributed by atoms with E-state index in [1.54, 1.807) is 6.26 Å². The normalized spacial score (nSPS) is 12.6. The smallest absolute Gasteiger partial charge is 0.105 e. The van der Waals surface area contributed by atoms with Gasteiger partial charge in [0.1, 0.15) is 5.76 Å². The van der Waals surface area contributed by atoms with Crippen molar-refractivity contribution in [3.63, 3.8) is 0 Å². The predicted molar refractivity (Wildman–Crippen MR) is 79.5 cm³/mol. The Kier molecular flexibility index (Phi) is 4.43. The van der Waals surface area contributed by atoms with Crippen molar-refractivity contribution < 1.29 is 4.42 Å². The molecule has 2 heteroatoms. The summed E-state index contributed by atoms with van der Waals surface area (Å²) in [6.07, 6.45) is 3.94. The van der Waals surface area contributed by atoms with Crippen molar-refractivity contribution in [3.05, 3.63) is 58.5 Å². The third kappa shape index (κ3) is 2.74. The monoisotopic (exact) mass is 257 g/mol. The zero-order valence-electron chi connectivity index (χ0n) is 12.3. The van der Waals surface area contributed by atoms with Gasteiger partial charge in [-0.15, -0.1) is 0 Å². The maximum Gasteiger partial charge on any atom is 0.105 e. The largest absolute Gasteiger partial charge is 0.469 e. The van der Waals surface area contributed by atoms with E-state index in [4.69, 9.17) is 4.42 Å². The van der Waals surface area contributed by atoms with Crippen LogP contribution in [0.2, 0.25) is 0 Å². The molecule has 102 valence electrons. The summed E-state index contributed by atoms with van der Waals surface area (Å²) in [5, 5.41) is 3.39. The molecular weight excluding hydrogens is 234 g/mol. The highest BCUT2D eigenvalue weighted by molar-refractivity contribution is 5.38. The molecule has 0 saturated heterocycles. The van der Waals surface area contributed by atoms with Gasteiger partial charge < -0.3 is 9.73 Å². The van der Waals surface area contributed by atoms with Crippen molar-refractivity contribution in [2.45, 2.75) is 39.7 Å². The number of furan rings is 1. The van der Waals surface area contributed by atoms with E-state index in [1.165, 1.54) is 22.3 Å². The van der Waals surface area contributed by atoms with Crippen molar-refractivity contribution >= 4 is 0 Å². The number of nitrogens with one attached hydrogen (secondary N) is 1. The molecule has 19 heavy (non-hydrogen) atoms. The summed E-state index contributed by atoms with van der Waals surface area (Å²) < 4.78 is 5.43. The van der Waals surface area contributed by atoms with Crippen LogP contribution in [-0.4, -0.2) is 7.05 Å². The molecule has 1 atom stereocenters. The van der Waals surface area contributed by atoms with Crippen LogP contribution in [0.3, 0.4) is 0 Å². The standard InChI is InChI=1S/C17H23NO/c1-5-13-7-8-15(11-14(13)6-2)17(18-4)16-9-10-19-12(16)3/h7-11,17-18H,5-6H2,1-4H3. The van der Waals surface area contributed by atoms with Crippen molar-refractivity contribution in [2.75, 3.05) is 7.05 Å². The molecule has 0 bridgehead atoms. The van der Waals surface area contributed by atoms with Gasteiger partial charge in [-0.1, -0.05) is 32.0 Å². The number of hydrogen-bond acceptors (Lipinski definition) is 2. The van der Waals surface area contributed by atoms with E-state index in [-0.39, 0.29) is 6.04 Å². The number of rotatable bonds is 5. The molecule has 0 aliphatic carbocycles. The van der Waals surface area contributed by atoms with Crippen LogP contribution in [0.25, 0.3) is 0 Å². The minimum Gasteiger partial charge on any atom is -0.469 e. The zero-order valence-corrected chi connectivity index (χ0v) is 12.3. The van der Waals surface area contributed by atoms with Crippen molar-refractivity contribution in [1.82, 2.24) is 5.32 Å². The lowest BCUT2D eigenvalue weighted by Crippen LogP contribution is -2.18. The van der Waals surface area contributed by atoms with Gasteiger partial charge in [-0.3, -0.25) is 0 Å². The third-order valence-electron chi connectivity index (χ3n) is 3.82. The molecule has 1 aromatic carbocycles. The molecule has 0 aliphatic rings. The van der Waals surface area contributed by atoms with Crippen LogP contribution in [-0.2, 0) is 12.8 Å². The summed E-state index contributed by atoms with van der Waals surface area (Å²) in [6, 6.07) is 9.07. The Morgan fingerprint density at radius 1 is 1.11 bits per heavy atom. The second-order valence-corrected chi connectivity index (χ2v) is 4.89. The predicted octanol–water partition coefficient (Wildman–Crippen LogP) is 4.02. The molecule has 0 fully saturated rings. The van der Waals surface area contributed by atoms with E-state index in [9.17, 15) is 0 Å². The minimum absolute atomic E-state index is 0.204. The van der Waals surface area contributed by atoms with Crippen molar-refractivity contribution in [2.24, 2.45) is 0 Å². The highest BCUT2D eigenvalue weighted by Gasteiger charge is 2.16. The lowest BCUT2D eigenvalue weighted by atomic mass is 9.93. The average molecular weight is 257 g/mol. The summed E-state index contributed by atoms with van der Waals surface area (Å²) in [7, 11) is 2.00. The molecule has 0 amide bonds. The molecule has 0 saturated carbocycles. The van der Waals surface area contributed by atoms with E-state index in [0.717, 1.165) is 18.6 Å². The van der Waals surface area contributed by atoms with Crippen LogP contribution in [0.5, 0.6) is 0 Å². The van der Waals surface area contributed by atoms with Gasteiger partial charge in [0.2, 0.25) is 0 Å². The highest BCUT2D eigenvalue weighted by Crippen LogP contribution is 2.27. The van der Waals surface area contributed by atoms with Gasteiger partial charge in [0.25, 0.3) is 0 Å². The van der Waals surface area contributed by atoms with Crippen LogP contribution in [0, 0.1) is 6.92 Å². The van der Waals surface area contributed by atoms with E-state index >= 15 is 0 Å². The van der Waals surface area contributed by atoms with Gasteiger partial charge >= 0.3 is 0 Å². The molecule has 0 spiro atoms. The Hall–Kier alpha value is -1.54. The van der Waals surface area contributed by atoms with Gasteiger partial charge in [0, 0.05) is 5.56 Å². The van der Waals surface area contributed by atoms with Crippen LogP contribution in [0.15, 0.2) is 34.9 Å². The molecule has 1 aromatic heterocycles. The Morgan fingerprint density at radius 2 is 1.84 bits per heavy atom. The van der Waals surface area contributed by atoms with Crippen LogP contribution in [0.4, 0.5) is 0 Å². The summed E-state index contributed by atoms with van der Waals surface area (Å²) >= 11 is 0. The van der Waals surface area contributed by atoms with Crippen molar-refractivity contribution in [1.29, 1.82) is 0 Å². The Balaban J connectivity index is 2.42. The van der Waals surface area contributed by atoms with Crippen LogP contribution in [0.1, 0.15) is 47.9 Å². The van der Waals surface area contributed by atoms with Gasteiger partial charge in [0.15, 0.2) is 0 Å². The fourth-order valence-corrected chi connectivity index (χ4v) is 2.70. The Labute approximate surface area is 115 Å². The zero-order chi connectivity index (χ0) is 13.8. The van der Waals surface area contributed by atoms with Crippen LogP contribution >= 0.6 is 0 Å². The van der Waals surface area contributed by atoms with Gasteiger partial charge in [-0.05, 0) is 49.6 Å². The van der Waals surface area contributed by atoms with E-state index in [0.29, 0.717) is 0 Å². The first-order valence-corrected chi connectivity index (χ1v) is 7.04. The SMILES string of the molecule is CCc1ccc(C(NC)c2ccoc2C)cc1CC. The van der Waals surface area contributed by atoms with Crippen molar-refractivity contribution in [3.8, 4) is 0 Å². The highest BCUT2D eigenvalue weighted by atomic mass is 16.3. The van der Waals surface area contributed by atoms with E-state index in [1.807, 2.05) is 14.0 Å². The fraction of sp³-hybridized carbons (Fsp3) is 0.412. The lowest BCUT2D eigenvalue weighted by Gasteiger charge is -2.18. The maximum absolute atomic E-state index is 5.43. The maximum atomic E-state index is 5.43.